The van der Waals surface area contributed by atoms with Gasteiger partial charge in [-0.3, -0.25) is 4.90 Å². The molecule has 0 bridgehead atoms. The van der Waals surface area contributed by atoms with Crippen molar-refractivity contribution in [2.45, 2.75) is 31.1 Å². The highest BCUT2D eigenvalue weighted by Gasteiger charge is 2.35. The number of carboxylic acid groups (broad SMARTS) is 2. The molecule has 0 saturated heterocycles. The summed E-state index contributed by atoms with van der Waals surface area (Å²) in [5.41, 5.74) is 5.41. The van der Waals surface area contributed by atoms with Gasteiger partial charge in [-0.05, 0) is 48.2 Å². The van der Waals surface area contributed by atoms with E-state index in [0.29, 0.717) is 0 Å². The van der Waals surface area contributed by atoms with Gasteiger partial charge in [-0.2, -0.15) is 0 Å². The van der Waals surface area contributed by atoms with Crippen LogP contribution in [0, 0.1) is 0 Å². The number of hydrogen-bond acceptors (Lipinski definition) is 11. The molecule has 2 aromatic carbocycles. The first-order chi connectivity index (χ1) is 19.0. The fourth-order valence-electron chi connectivity index (χ4n) is 4.63. The van der Waals surface area contributed by atoms with Crippen LogP contribution < -0.4 is 9.47 Å². The molecule has 4 rings (SSSR count). The van der Waals surface area contributed by atoms with Crippen LogP contribution in [-0.2, 0) is 41.5 Å². The number of hydrogen-bond donors (Lipinski definition) is 4. The van der Waals surface area contributed by atoms with E-state index in [1.807, 2.05) is 18.2 Å². The van der Waals surface area contributed by atoms with E-state index in [2.05, 4.69) is 18.0 Å². The van der Waals surface area contributed by atoms with Gasteiger partial charge in [0, 0.05) is 32.4 Å². The van der Waals surface area contributed by atoms with Crippen molar-refractivity contribution >= 4 is 23.9 Å². The van der Waals surface area contributed by atoms with Crippen molar-refractivity contribution in [2.24, 2.45) is 0 Å². The Bertz CT molecular complexity index is 1260. The molecule has 0 unspecified atom stereocenters. The molecule has 0 radical (unpaired) electrons. The summed E-state index contributed by atoms with van der Waals surface area (Å²) in [6.45, 7) is 0.600. The Hall–Kier alpha value is -3.88. The van der Waals surface area contributed by atoms with Gasteiger partial charge in [-0.15, -0.1) is 0 Å². The number of carbonyl (C=O) groups excluding carboxylic acids is 2. The van der Waals surface area contributed by atoms with Gasteiger partial charge < -0.3 is 39.4 Å². The second kappa shape index (κ2) is 13.5. The average molecular weight is 562 g/mol. The Balaban J connectivity index is 0.000000378. The van der Waals surface area contributed by atoms with Gasteiger partial charge in [-0.1, -0.05) is 24.3 Å². The third-order valence-corrected chi connectivity index (χ3v) is 6.46. The first-order valence-corrected chi connectivity index (χ1v) is 12.2. The van der Waals surface area contributed by atoms with Crippen molar-refractivity contribution in [3.63, 3.8) is 0 Å². The highest BCUT2D eigenvalue weighted by molar-refractivity contribution is 5.87. The number of ether oxygens (including phenoxy) is 4. The van der Waals surface area contributed by atoms with E-state index >= 15 is 0 Å². The zero-order valence-corrected chi connectivity index (χ0v) is 22.2. The largest absolute Gasteiger partial charge is 0.479 e. The van der Waals surface area contributed by atoms with Crippen molar-refractivity contribution in [1.82, 2.24) is 4.90 Å². The van der Waals surface area contributed by atoms with E-state index in [9.17, 15) is 19.2 Å². The molecule has 1 aliphatic heterocycles. The van der Waals surface area contributed by atoms with Crippen LogP contribution in [0.2, 0.25) is 0 Å². The number of esters is 2. The minimum atomic E-state index is -2.27. The molecular weight excluding hydrogens is 530 g/mol. The summed E-state index contributed by atoms with van der Waals surface area (Å²) in [4.78, 5) is 46.3. The number of rotatable bonds is 9. The van der Waals surface area contributed by atoms with Gasteiger partial charge in [0.2, 0.25) is 0 Å². The maximum atomic E-state index is 12.3. The SMILES string of the molecule is COCC(=O)Oc1ccc2c(c1OC(=O)COC)-c1cccc3c1[C@@H](C2)N(C)CC3.O=C(O)[C@H](O)[C@@H](O)C(=O)O. The fraction of sp³-hybridized carbons (Fsp3) is 0.407. The normalized spacial score (nSPS) is 16.8. The maximum Gasteiger partial charge on any atom is 0.337 e. The molecule has 1 heterocycles. The molecule has 13 nitrogen and oxygen atoms in total. The number of methoxy groups -OCH3 is 2. The number of aliphatic hydroxyl groups excluding tert-OH is 2. The quantitative estimate of drug-likeness (QED) is 0.244. The lowest BCUT2D eigenvalue weighted by Gasteiger charge is -2.40. The highest BCUT2D eigenvalue weighted by Crippen LogP contribution is 2.50. The standard InChI is InChI=1S/C23H25NO6.C4H6O6/c1-24-10-9-14-5-4-6-16-21(14)17(24)11-15-7-8-18(29-19(25)12-27-2)23(22(15)16)30-20(26)13-28-3;5-1(3(7)8)2(6)4(9)10/h4-8,17H,9-13H2,1-3H3;1-2,5-6H,(H,7,8)(H,9,10)/t17-;1-,2-/m11/s1. The minimum absolute atomic E-state index is 0.195. The molecule has 40 heavy (non-hydrogen) atoms. The van der Waals surface area contributed by atoms with Gasteiger partial charge in [0.05, 0.1) is 0 Å². The highest BCUT2D eigenvalue weighted by atomic mass is 16.6. The number of aliphatic hydroxyl groups is 2. The van der Waals surface area contributed by atoms with Crippen molar-refractivity contribution in [3.05, 3.63) is 47.0 Å². The molecule has 2 aromatic rings. The molecule has 0 spiro atoms. The molecule has 0 saturated carbocycles. The lowest BCUT2D eigenvalue weighted by molar-refractivity contribution is -0.165. The first kappa shape index (κ1) is 30.7. The van der Waals surface area contributed by atoms with Crippen LogP contribution in [-0.4, -0.2) is 102 Å². The molecule has 4 N–H and O–H groups in total. The third-order valence-electron chi connectivity index (χ3n) is 6.46. The number of carbonyl (C=O) groups is 4. The number of aliphatic carboxylic acids is 2. The predicted molar refractivity (Wildman–Crippen MR) is 137 cm³/mol. The smallest absolute Gasteiger partial charge is 0.337 e. The number of fused-ring (bicyclic) bond motifs is 2. The van der Waals surface area contributed by atoms with Crippen LogP contribution in [0.15, 0.2) is 30.3 Å². The van der Waals surface area contributed by atoms with Gasteiger partial charge in [0.1, 0.15) is 13.2 Å². The molecule has 2 aliphatic rings. The third kappa shape index (κ3) is 6.81. The molecule has 3 atom stereocenters. The van der Waals surface area contributed by atoms with E-state index in [1.54, 1.807) is 6.07 Å². The van der Waals surface area contributed by atoms with E-state index in [1.165, 1.54) is 25.3 Å². The summed E-state index contributed by atoms with van der Waals surface area (Å²) in [7, 11) is 4.98. The minimum Gasteiger partial charge on any atom is -0.479 e. The monoisotopic (exact) mass is 561 g/mol. The van der Waals surface area contributed by atoms with Crippen molar-refractivity contribution in [2.75, 3.05) is 41.0 Å². The number of likely N-dealkylation sites (N-methyl/N-ethyl adjacent to an activating group) is 1. The Labute approximate surface area is 229 Å². The number of nitrogens with zero attached hydrogens (tertiary/aromatic N) is 1. The molecule has 216 valence electrons. The first-order valence-electron chi connectivity index (χ1n) is 12.2. The van der Waals surface area contributed by atoms with Crippen molar-refractivity contribution < 1.29 is 58.6 Å². The van der Waals surface area contributed by atoms with Crippen LogP contribution in [0.4, 0.5) is 0 Å². The second-order valence-corrected chi connectivity index (χ2v) is 9.14. The molecule has 13 heteroatoms. The summed E-state index contributed by atoms with van der Waals surface area (Å²) in [6.07, 6.45) is -2.78. The molecule has 1 aliphatic carbocycles. The van der Waals surface area contributed by atoms with Crippen LogP contribution in [0.5, 0.6) is 11.5 Å². The summed E-state index contributed by atoms with van der Waals surface area (Å²) >= 11 is 0. The van der Waals surface area contributed by atoms with Crippen LogP contribution in [0.3, 0.4) is 0 Å². The van der Waals surface area contributed by atoms with E-state index in [0.717, 1.165) is 36.1 Å². The van der Waals surface area contributed by atoms with Crippen LogP contribution >= 0.6 is 0 Å². The lowest BCUT2D eigenvalue weighted by Crippen LogP contribution is -2.39. The lowest BCUT2D eigenvalue weighted by atomic mass is 9.77. The molecular formula is C27H31NO12. The van der Waals surface area contributed by atoms with Crippen molar-refractivity contribution in [3.8, 4) is 22.6 Å². The Kier molecular flexibility index (Phi) is 10.3. The van der Waals surface area contributed by atoms with Crippen LogP contribution in [0.25, 0.3) is 11.1 Å². The van der Waals surface area contributed by atoms with Gasteiger partial charge in [0.25, 0.3) is 0 Å². The van der Waals surface area contributed by atoms with Crippen molar-refractivity contribution in [1.29, 1.82) is 0 Å². The van der Waals surface area contributed by atoms with Gasteiger partial charge in [-0.25, -0.2) is 19.2 Å². The fourth-order valence-corrected chi connectivity index (χ4v) is 4.63. The van der Waals surface area contributed by atoms with Crippen LogP contribution in [0.1, 0.15) is 22.7 Å². The molecule has 0 amide bonds. The molecule has 0 fully saturated rings. The van der Waals surface area contributed by atoms with Gasteiger partial charge in [0.15, 0.2) is 23.7 Å². The summed E-state index contributed by atoms with van der Waals surface area (Å²) < 4.78 is 20.9. The van der Waals surface area contributed by atoms with Gasteiger partial charge >= 0.3 is 23.9 Å². The molecule has 0 aromatic heterocycles. The van der Waals surface area contributed by atoms with E-state index in [-0.39, 0.29) is 30.8 Å². The second-order valence-electron chi connectivity index (χ2n) is 9.14. The number of carboxylic acids is 2. The Morgan fingerprint density at radius 3 is 2.08 bits per heavy atom. The zero-order chi connectivity index (χ0) is 29.6. The van der Waals surface area contributed by atoms with E-state index < -0.39 is 36.1 Å². The van der Waals surface area contributed by atoms with E-state index in [4.69, 9.17) is 39.4 Å². The Morgan fingerprint density at radius 2 is 1.50 bits per heavy atom. The topological polar surface area (TPSA) is 189 Å². The average Bonchev–Trinajstić information content (AvgIpc) is 2.91. The summed E-state index contributed by atoms with van der Waals surface area (Å²) in [5.74, 6) is -4.21. The Morgan fingerprint density at radius 1 is 0.900 bits per heavy atom. The summed E-state index contributed by atoms with van der Waals surface area (Å²) in [6, 6.07) is 10.1. The summed E-state index contributed by atoms with van der Waals surface area (Å²) in [5, 5.41) is 32.5. The predicted octanol–water partition coefficient (Wildman–Crippen LogP) is 0.420. The zero-order valence-electron chi connectivity index (χ0n) is 22.2. The number of benzene rings is 2. The maximum absolute atomic E-state index is 12.3.